The number of nitrogens with two attached hydrogens (primary N) is 1. The zero-order chi connectivity index (χ0) is 29.9. The molecule has 5 atom stereocenters. The van der Waals surface area contributed by atoms with Crippen molar-refractivity contribution in [2.24, 2.45) is 28.9 Å². The van der Waals surface area contributed by atoms with Crippen molar-refractivity contribution in [3.63, 3.8) is 0 Å². The zero-order valence-corrected chi connectivity index (χ0v) is 25.8. The highest BCUT2D eigenvalue weighted by Crippen LogP contribution is 2.60. The first kappa shape index (κ1) is 28.4. The maximum absolute atomic E-state index is 13.2. The van der Waals surface area contributed by atoms with Gasteiger partial charge in [0.2, 0.25) is 5.91 Å². The quantitative estimate of drug-likeness (QED) is 0.488. The van der Waals surface area contributed by atoms with Gasteiger partial charge in [0.1, 0.15) is 5.82 Å². The van der Waals surface area contributed by atoms with E-state index in [9.17, 15) is 9.59 Å². The first-order chi connectivity index (χ1) is 20.6. The Kier molecular flexibility index (Phi) is 7.07. The molecular formula is C34H46N6O3. The molecule has 9 heteroatoms. The summed E-state index contributed by atoms with van der Waals surface area (Å²) in [6.45, 7) is 10.3. The average Bonchev–Trinajstić information content (AvgIpc) is 2.98. The molecule has 0 spiro atoms. The van der Waals surface area contributed by atoms with Gasteiger partial charge in [-0.1, -0.05) is 18.2 Å². The number of carbonyl (C=O) groups excluding carboxylic acids is 2. The lowest BCUT2D eigenvalue weighted by atomic mass is 9.47. The van der Waals surface area contributed by atoms with E-state index in [4.69, 9.17) is 15.6 Å². The molecule has 230 valence electrons. The van der Waals surface area contributed by atoms with Crippen molar-refractivity contribution in [3.05, 3.63) is 48.2 Å². The second kappa shape index (κ2) is 10.7. The molecule has 43 heavy (non-hydrogen) atoms. The number of aromatic nitrogens is 1. The Balaban J connectivity index is 1.00. The number of amides is 2. The van der Waals surface area contributed by atoms with Crippen molar-refractivity contribution in [2.45, 2.75) is 83.2 Å². The fraction of sp³-hybridized carbons (Fsp3) is 0.618. The molecule has 4 aliphatic carbocycles. The number of hydrogen-bond acceptors (Lipinski definition) is 7. The molecule has 3 N–H and O–H groups in total. The van der Waals surface area contributed by atoms with Gasteiger partial charge < -0.3 is 20.8 Å². The van der Waals surface area contributed by atoms with Gasteiger partial charge in [0.15, 0.2) is 0 Å². The van der Waals surface area contributed by atoms with E-state index in [-0.39, 0.29) is 34.7 Å². The van der Waals surface area contributed by atoms with Crippen LogP contribution in [-0.4, -0.2) is 59.6 Å². The van der Waals surface area contributed by atoms with E-state index in [1.807, 2.05) is 18.2 Å². The molecule has 6 aliphatic rings. The summed E-state index contributed by atoms with van der Waals surface area (Å²) >= 11 is 0. The van der Waals surface area contributed by atoms with Crippen molar-refractivity contribution in [3.8, 4) is 0 Å². The molecule has 2 aliphatic heterocycles. The smallest absolute Gasteiger partial charge is 0.369 e. The van der Waals surface area contributed by atoms with Crippen molar-refractivity contribution in [2.75, 3.05) is 36.1 Å². The number of likely N-dealkylation sites (tertiary alicyclic amines) is 1. The van der Waals surface area contributed by atoms with E-state index >= 15 is 0 Å². The Morgan fingerprint density at radius 3 is 2.28 bits per heavy atom. The normalized spacial score (nSPS) is 30.7. The lowest BCUT2D eigenvalue weighted by molar-refractivity contribution is -0.145. The Morgan fingerprint density at radius 2 is 1.65 bits per heavy atom. The number of benzene rings is 1. The highest BCUT2D eigenvalue weighted by molar-refractivity contribution is 5.82. The lowest BCUT2D eigenvalue weighted by Crippen LogP contribution is -2.62. The highest BCUT2D eigenvalue weighted by Gasteiger charge is 2.58. The molecule has 5 fully saturated rings. The van der Waals surface area contributed by atoms with Crippen LogP contribution in [0.25, 0.3) is 0 Å². The van der Waals surface area contributed by atoms with Gasteiger partial charge in [0, 0.05) is 29.7 Å². The number of nitrogens with zero attached hydrogens (tertiary/aromatic N) is 4. The second-order valence-corrected chi connectivity index (χ2v) is 14.8. The second-order valence-electron chi connectivity index (χ2n) is 14.8. The van der Waals surface area contributed by atoms with Crippen molar-refractivity contribution >= 4 is 29.2 Å². The Hall–Kier alpha value is -3.33. The molecule has 1 saturated heterocycles. The molecule has 1 aromatic carbocycles. The predicted molar refractivity (Wildman–Crippen MR) is 167 cm³/mol. The van der Waals surface area contributed by atoms with Gasteiger partial charge in [-0.05, 0) is 126 Å². The standard InChI is InChI=1S/C34H46N6O3/c1-33(2,3)38-12-10-23(11-13-38)24-8-9-29(36-21-24)39-14-15-40(28-7-5-4-6-27(28)39)43-32(42)37-30-25-16-22-17-26(30)20-34(18-22,19-25)31(35)41/h4-9,21-23,25-26,30H,10-20H2,1-3H3,(H2,35,41)(H,37,42)/t22?,25-,26+,30?,34?. The van der Waals surface area contributed by atoms with Gasteiger partial charge in [0.25, 0.3) is 0 Å². The Morgan fingerprint density at radius 1 is 0.953 bits per heavy atom. The Bertz CT molecular complexity index is 1350. The van der Waals surface area contributed by atoms with E-state index in [0.717, 1.165) is 75.2 Å². The monoisotopic (exact) mass is 586 g/mol. The molecule has 2 aromatic rings. The molecule has 8 rings (SSSR count). The van der Waals surface area contributed by atoms with E-state index in [1.165, 1.54) is 5.56 Å². The molecule has 1 aromatic heterocycles. The molecule has 0 radical (unpaired) electrons. The number of hydrogen-bond donors (Lipinski definition) is 2. The number of anilines is 3. The number of carbonyl (C=O) groups is 2. The van der Waals surface area contributed by atoms with Crippen LogP contribution in [0.15, 0.2) is 42.6 Å². The Labute approximate surface area is 255 Å². The summed E-state index contributed by atoms with van der Waals surface area (Å²) in [6, 6.07) is 12.4. The van der Waals surface area contributed by atoms with Crippen molar-refractivity contribution < 1.29 is 14.4 Å². The van der Waals surface area contributed by atoms with Gasteiger partial charge in [0.05, 0.1) is 17.9 Å². The van der Waals surface area contributed by atoms with Crippen LogP contribution >= 0.6 is 0 Å². The zero-order valence-electron chi connectivity index (χ0n) is 25.8. The minimum absolute atomic E-state index is 0.0384. The van der Waals surface area contributed by atoms with E-state index in [1.54, 1.807) is 5.06 Å². The van der Waals surface area contributed by atoms with E-state index in [2.05, 4.69) is 60.3 Å². The van der Waals surface area contributed by atoms with Gasteiger partial charge >= 0.3 is 6.09 Å². The minimum atomic E-state index is -0.422. The van der Waals surface area contributed by atoms with Gasteiger partial charge in [-0.3, -0.25) is 9.69 Å². The van der Waals surface area contributed by atoms with Gasteiger partial charge in [-0.15, -0.1) is 0 Å². The summed E-state index contributed by atoms with van der Waals surface area (Å²) in [4.78, 5) is 41.2. The third kappa shape index (κ3) is 5.23. The average molecular weight is 587 g/mol. The first-order valence-corrected chi connectivity index (χ1v) is 16.2. The van der Waals surface area contributed by atoms with Crippen LogP contribution < -0.4 is 21.0 Å². The molecule has 3 heterocycles. The molecular weight excluding hydrogens is 540 g/mol. The van der Waals surface area contributed by atoms with Crippen LogP contribution in [0.3, 0.4) is 0 Å². The first-order valence-electron chi connectivity index (χ1n) is 16.2. The predicted octanol–water partition coefficient (Wildman–Crippen LogP) is 5.34. The number of fused-ring (bicyclic) bond motifs is 1. The largest absolute Gasteiger partial charge is 0.431 e. The third-order valence-electron chi connectivity index (χ3n) is 11.2. The molecule has 9 nitrogen and oxygen atoms in total. The van der Waals surface area contributed by atoms with Crippen molar-refractivity contribution in [1.82, 2.24) is 15.2 Å². The lowest BCUT2D eigenvalue weighted by Gasteiger charge is -2.58. The summed E-state index contributed by atoms with van der Waals surface area (Å²) in [5.41, 5.74) is 8.84. The van der Waals surface area contributed by atoms with Crippen LogP contribution in [0.5, 0.6) is 0 Å². The van der Waals surface area contributed by atoms with E-state index in [0.29, 0.717) is 24.9 Å². The molecule has 2 amide bonds. The number of nitrogens with one attached hydrogen (secondary N) is 1. The SMILES string of the molecule is CC(C)(C)N1CCC(c2ccc(N3CCN(OC(=O)NC4[C@@H]5CC6C[C@H]4CC(C(N)=O)(C6)C5)c4ccccc43)nc2)CC1. The summed E-state index contributed by atoms with van der Waals surface area (Å²) in [7, 11) is 0. The number of rotatable bonds is 5. The molecule has 4 bridgehead atoms. The van der Waals surface area contributed by atoms with Crippen molar-refractivity contribution in [1.29, 1.82) is 0 Å². The third-order valence-corrected chi connectivity index (χ3v) is 11.2. The van der Waals surface area contributed by atoms with Crippen LogP contribution in [0, 0.1) is 23.2 Å². The van der Waals surface area contributed by atoms with Crippen LogP contribution in [-0.2, 0) is 9.63 Å². The number of hydroxylamine groups is 1. The topological polar surface area (TPSA) is 104 Å². The van der Waals surface area contributed by atoms with Gasteiger partial charge in [-0.25, -0.2) is 14.8 Å². The highest BCUT2D eigenvalue weighted by atomic mass is 16.7. The van der Waals surface area contributed by atoms with Crippen LogP contribution in [0.2, 0.25) is 0 Å². The summed E-state index contributed by atoms with van der Waals surface area (Å²) in [5.74, 6) is 2.42. The minimum Gasteiger partial charge on any atom is -0.369 e. The molecule has 4 saturated carbocycles. The number of pyridine rings is 1. The summed E-state index contributed by atoms with van der Waals surface area (Å²) < 4.78 is 0. The number of para-hydroxylation sites is 2. The summed E-state index contributed by atoms with van der Waals surface area (Å²) in [6.07, 6.45) is 8.55. The van der Waals surface area contributed by atoms with Crippen LogP contribution in [0.4, 0.5) is 22.0 Å². The summed E-state index contributed by atoms with van der Waals surface area (Å²) in [5, 5.41) is 4.91. The number of primary amides is 1. The number of piperidine rings is 1. The molecule has 3 unspecified atom stereocenters. The fourth-order valence-electron chi connectivity index (χ4n) is 9.17. The maximum atomic E-state index is 13.2. The maximum Gasteiger partial charge on any atom is 0.431 e. The van der Waals surface area contributed by atoms with E-state index < -0.39 is 6.09 Å². The fourth-order valence-corrected chi connectivity index (χ4v) is 9.17. The van der Waals surface area contributed by atoms with Gasteiger partial charge in [-0.2, -0.15) is 0 Å². The van der Waals surface area contributed by atoms with Crippen LogP contribution in [0.1, 0.15) is 77.2 Å².